The molecule has 0 bridgehead atoms. The number of hydrogen-bond acceptors (Lipinski definition) is 2. The minimum atomic E-state index is -0.867. The van der Waals surface area contributed by atoms with Crippen LogP contribution in [0.5, 0.6) is 0 Å². The van der Waals surface area contributed by atoms with Gasteiger partial charge in [-0.3, -0.25) is 0 Å². The highest BCUT2D eigenvalue weighted by Gasteiger charge is 2.26. The van der Waals surface area contributed by atoms with E-state index in [1.165, 1.54) is 32.1 Å². The fourth-order valence-electron chi connectivity index (χ4n) is 2.72. The number of rotatable bonds is 3. The summed E-state index contributed by atoms with van der Waals surface area (Å²) in [6.07, 6.45) is 6.25. The molecule has 3 nitrogen and oxygen atoms in total. The van der Waals surface area contributed by atoms with Gasteiger partial charge in [0.1, 0.15) is 0 Å². The van der Waals surface area contributed by atoms with Gasteiger partial charge in [-0.2, -0.15) is 0 Å². The number of anilines is 1. The topological polar surface area (TPSA) is 49.3 Å². The Bertz CT molecular complexity index is 448. The Hall–Kier alpha value is -1.51. The van der Waals surface area contributed by atoms with Crippen LogP contribution in [0.1, 0.15) is 54.9 Å². The Kier molecular flexibility index (Phi) is 3.60. The van der Waals surface area contributed by atoms with Gasteiger partial charge in [0.05, 0.1) is 5.56 Å². The molecule has 0 spiro atoms. The van der Waals surface area contributed by atoms with Gasteiger partial charge in [-0.25, -0.2) is 4.79 Å². The number of nitrogens with one attached hydrogen (secondary N) is 1. The van der Waals surface area contributed by atoms with E-state index in [1.807, 2.05) is 13.0 Å². The Morgan fingerprint density at radius 2 is 1.94 bits per heavy atom. The van der Waals surface area contributed by atoms with Gasteiger partial charge < -0.3 is 10.4 Å². The summed E-state index contributed by atoms with van der Waals surface area (Å²) in [5.74, 6) is -0.867. The maximum absolute atomic E-state index is 10.9. The molecule has 1 saturated carbocycles. The predicted molar refractivity (Wildman–Crippen MR) is 73.3 cm³/mol. The van der Waals surface area contributed by atoms with Gasteiger partial charge in [-0.1, -0.05) is 19.3 Å². The Labute approximate surface area is 108 Å². The molecule has 98 valence electrons. The van der Waals surface area contributed by atoms with Crippen LogP contribution in [0.2, 0.25) is 0 Å². The third-order valence-corrected chi connectivity index (χ3v) is 3.87. The van der Waals surface area contributed by atoms with Gasteiger partial charge in [0.15, 0.2) is 0 Å². The number of carboxylic acid groups (broad SMARTS) is 1. The lowest BCUT2D eigenvalue weighted by atomic mass is 9.83. The van der Waals surface area contributed by atoms with Crippen LogP contribution >= 0.6 is 0 Å². The molecule has 3 heteroatoms. The van der Waals surface area contributed by atoms with E-state index in [9.17, 15) is 4.79 Å². The maximum atomic E-state index is 10.9. The molecule has 1 aromatic carbocycles. The molecule has 0 saturated heterocycles. The number of carboxylic acids is 1. The number of aryl methyl sites for hydroxylation is 1. The molecule has 1 fully saturated rings. The third-order valence-electron chi connectivity index (χ3n) is 3.87. The van der Waals surface area contributed by atoms with Crippen LogP contribution < -0.4 is 5.32 Å². The zero-order valence-corrected chi connectivity index (χ0v) is 11.1. The first-order chi connectivity index (χ1) is 8.50. The van der Waals surface area contributed by atoms with Gasteiger partial charge in [-0.15, -0.1) is 0 Å². The van der Waals surface area contributed by atoms with Crippen LogP contribution in [0.15, 0.2) is 18.2 Å². The van der Waals surface area contributed by atoms with Crippen molar-refractivity contribution in [2.24, 2.45) is 0 Å². The maximum Gasteiger partial charge on any atom is 0.335 e. The van der Waals surface area contributed by atoms with Crippen molar-refractivity contribution >= 4 is 11.7 Å². The summed E-state index contributed by atoms with van der Waals surface area (Å²) in [5, 5.41) is 12.6. The van der Waals surface area contributed by atoms with Crippen molar-refractivity contribution in [3.05, 3.63) is 29.3 Å². The van der Waals surface area contributed by atoms with E-state index < -0.39 is 5.97 Å². The zero-order valence-electron chi connectivity index (χ0n) is 11.1. The molecule has 18 heavy (non-hydrogen) atoms. The number of aromatic carboxylic acids is 1. The second-order valence-electron chi connectivity index (χ2n) is 5.58. The Balaban J connectivity index is 2.16. The van der Waals surface area contributed by atoms with E-state index >= 15 is 0 Å². The normalized spacial score (nSPS) is 18.3. The molecule has 0 aromatic heterocycles. The van der Waals surface area contributed by atoms with Gasteiger partial charge in [0.25, 0.3) is 0 Å². The van der Waals surface area contributed by atoms with E-state index in [1.54, 1.807) is 12.1 Å². The van der Waals surface area contributed by atoms with Crippen LogP contribution in [0.4, 0.5) is 5.69 Å². The van der Waals surface area contributed by atoms with Crippen LogP contribution in [-0.2, 0) is 0 Å². The summed E-state index contributed by atoms with van der Waals surface area (Å²) in [5.41, 5.74) is 2.58. The molecule has 0 heterocycles. The molecule has 0 amide bonds. The lowest BCUT2D eigenvalue weighted by Gasteiger charge is -2.36. The van der Waals surface area contributed by atoms with E-state index in [2.05, 4.69) is 12.2 Å². The minimum absolute atomic E-state index is 0.160. The van der Waals surface area contributed by atoms with Crippen LogP contribution in [-0.4, -0.2) is 16.6 Å². The average Bonchev–Trinajstić information content (AvgIpc) is 2.32. The number of benzene rings is 1. The summed E-state index contributed by atoms with van der Waals surface area (Å²) in [6.45, 7) is 4.22. The third kappa shape index (κ3) is 2.84. The summed E-state index contributed by atoms with van der Waals surface area (Å²) >= 11 is 0. The first-order valence-corrected chi connectivity index (χ1v) is 6.62. The molecule has 2 N–H and O–H groups in total. The van der Waals surface area contributed by atoms with Crippen LogP contribution in [0.25, 0.3) is 0 Å². The lowest BCUT2D eigenvalue weighted by molar-refractivity contribution is 0.0697. The molecule has 2 rings (SSSR count). The Morgan fingerprint density at radius 1 is 1.28 bits per heavy atom. The van der Waals surface area contributed by atoms with Crippen LogP contribution in [0, 0.1) is 6.92 Å². The summed E-state index contributed by atoms with van der Waals surface area (Å²) in [7, 11) is 0. The van der Waals surface area contributed by atoms with Crippen molar-refractivity contribution in [1.82, 2.24) is 0 Å². The van der Waals surface area contributed by atoms with Crippen LogP contribution in [0.3, 0.4) is 0 Å². The molecule has 1 aliphatic rings. The SMILES string of the molecule is Cc1cc(C(=O)O)ccc1NC1(C)CCCCC1. The summed E-state index contributed by atoms with van der Waals surface area (Å²) in [4.78, 5) is 10.9. The minimum Gasteiger partial charge on any atom is -0.478 e. The van der Waals surface area contributed by atoms with E-state index in [0.717, 1.165) is 11.3 Å². The van der Waals surface area contributed by atoms with Gasteiger partial charge in [0.2, 0.25) is 0 Å². The quantitative estimate of drug-likeness (QED) is 0.853. The van der Waals surface area contributed by atoms with E-state index in [4.69, 9.17) is 5.11 Å². The van der Waals surface area contributed by atoms with Gasteiger partial charge in [-0.05, 0) is 50.5 Å². The smallest absolute Gasteiger partial charge is 0.335 e. The average molecular weight is 247 g/mol. The first kappa shape index (κ1) is 12.9. The standard InChI is InChI=1S/C15H21NO2/c1-11-10-12(14(17)18)6-7-13(11)16-15(2)8-4-3-5-9-15/h6-7,10,16H,3-5,8-9H2,1-2H3,(H,17,18). The van der Waals surface area contributed by atoms with Crippen molar-refractivity contribution in [3.8, 4) is 0 Å². The second kappa shape index (κ2) is 5.01. The Morgan fingerprint density at radius 3 is 2.50 bits per heavy atom. The molecular formula is C15H21NO2. The molecule has 1 aliphatic carbocycles. The lowest BCUT2D eigenvalue weighted by Crippen LogP contribution is -2.37. The zero-order chi connectivity index (χ0) is 13.2. The van der Waals surface area contributed by atoms with Crippen molar-refractivity contribution in [2.75, 3.05) is 5.32 Å². The molecule has 0 aliphatic heterocycles. The molecule has 1 aromatic rings. The van der Waals surface area contributed by atoms with Crippen molar-refractivity contribution in [3.63, 3.8) is 0 Å². The fourth-order valence-corrected chi connectivity index (χ4v) is 2.72. The van der Waals surface area contributed by atoms with E-state index in [0.29, 0.717) is 5.56 Å². The van der Waals surface area contributed by atoms with Gasteiger partial charge in [0, 0.05) is 11.2 Å². The molecule has 0 radical (unpaired) electrons. The largest absolute Gasteiger partial charge is 0.478 e. The van der Waals surface area contributed by atoms with E-state index in [-0.39, 0.29) is 5.54 Å². The molecule has 0 atom stereocenters. The molecular weight excluding hydrogens is 226 g/mol. The summed E-state index contributed by atoms with van der Waals surface area (Å²) < 4.78 is 0. The number of hydrogen-bond donors (Lipinski definition) is 2. The van der Waals surface area contributed by atoms with Crippen molar-refractivity contribution < 1.29 is 9.90 Å². The fraction of sp³-hybridized carbons (Fsp3) is 0.533. The van der Waals surface area contributed by atoms with Crippen molar-refractivity contribution in [2.45, 2.75) is 51.5 Å². The van der Waals surface area contributed by atoms with Gasteiger partial charge >= 0.3 is 5.97 Å². The highest BCUT2D eigenvalue weighted by atomic mass is 16.4. The van der Waals surface area contributed by atoms with Crippen molar-refractivity contribution in [1.29, 1.82) is 0 Å². The monoisotopic (exact) mass is 247 g/mol. The highest BCUT2D eigenvalue weighted by Crippen LogP contribution is 2.32. The second-order valence-corrected chi connectivity index (χ2v) is 5.58. The predicted octanol–water partition coefficient (Wildman–Crippen LogP) is 3.83. The molecule has 0 unspecified atom stereocenters. The highest BCUT2D eigenvalue weighted by molar-refractivity contribution is 5.88. The summed E-state index contributed by atoms with van der Waals surface area (Å²) in [6, 6.07) is 5.29. The number of carbonyl (C=O) groups is 1. The first-order valence-electron chi connectivity index (χ1n) is 6.62.